The van der Waals surface area contributed by atoms with Gasteiger partial charge >= 0.3 is 6.18 Å². The highest BCUT2D eigenvalue weighted by atomic mass is 19.4. The van der Waals surface area contributed by atoms with E-state index in [1.54, 1.807) is 6.92 Å². The average Bonchev–Trinajstić information content (AvgIpc) is 2.94. The van der Waals surface area contributed by atoms with Crippen molar-refractivity contribution in [1.82, 2.24) is 20.8 Å². The minimum atomic E-state index is -4.59. The molecule has 1 aliphatic rings. The lowest BCUT2D eigenvalue weighted by atomic mass is 9.85. The van der Waals surface area contributed by atoms with E-state index in [0.29, 0.717) is 0 Å². The summed E-state index contributed by atoms with van der Waals surface area (Å²) in [6.45, 7) is 1.12. The highest BCUT2D eigenvalue weighted by Crippen LogP contribution is 2.43. The number of nitrogens with one attached hydrogen (secondary N) is 2. The smallest absolute Gasteiger partial charge is 0.348 e. The molecule has 1 amide bonds. The SMILES string of the molecule is Cc1nc(CNC(=O)C2(C(F)(F)F)CCNC2)no1. The Hall–Kier alpha value is -1.64. The van der Waals surface area contributed by atoms with E-state index in [1.165, 1.54) is 0 Å². The molecule has 0 saturated carbocycles. The number of amides is 1. The van der Waals surface area contributed by atoms with Crippen molar-refractivity contribution in [2.75, 3.05) is 13.1 Å². The van der Waals surface area contributed by atoms with Crippen molar-refractivity contribution < 1.29 is 22.5 Å². The number of aromatic nitrogens is 2. The van der Waals surface area contributed by atoms with Crippen LogP contribution in [0.3, 0.4) is 0 Å². The lowest BCUT2D eigenvalue weighted by Gasteiger charge is -2.29. The molecule has 1 saturated heterocycles. The third-order valence-electron chi connectivity index (χ3n) is 3.11. The van der Waals surface area contributed by atoms with Gasteiger partial charge in [-0.2, -0.15) is 18.2 Å². The second-order valence-electron chi connectivity index (χ2n) is 4.42. The van der Waals surface area contributed by atoms with Crippen LogP contribution >= 0.6 is 0 Å². The Balaban J connectivity index is 2.05. The summed E-state index contributed by atoms with van der Waals surface area (Å²) < 4.78 is 43.8. The van der Waals surface area contributed by atoms with Crippen molar-refractivity contribution in [1.29, 1.82) is 0 Å². The van der Waals surface area contributed by atoms with Gasteiger partial charge in [-0.05, 0) is 13.0 Å². The molecule has 1 aromatic rings. The van der Waals surface area contributed by atoms with Crippen LogP contribution < -0.4 is 10.6 Å². The van der Waals surface area contributed by atoms with Crippen LogP contribution in [-0.2, 0) is 11.3 Å². The van der Waals surface area contributed by atoms with Crippen molar-refractivity contribution in [2.45, 2.75) is 26.1 Å². The zero-order chi connectivity index (χ0) is 14.1. The molecule has 6 nitrogen and oxygen atoms in total. The molecule has 2 N–H and O–H groups in total. The van der Waals surface area contributed by atoms with Crippen molar-refractivity contribution in [3.63, 3.8) is 0 Å². The van der Waals surface area contributed by atoms with E-state index in [2.05, 4.69) is 25.3 Å². The molecule has 2 rings (SSSR count). The third-order valence-corrected chi connectivity index (χ3v) is 3.11. The maximum atomic E-state index is 13.0. The van der Waals surface area contributed by atoms with E-state index < -0.39 is 24.0 Å². The average molecular weight is 278 g/mol. The van der Waals surface area contributed by atoms with Gasteiger partial charge in [0.25, 0.3) is 0 Å². The van der Waals surface area contributed by atoms with E-state index >= 15 is 0 Å². The van der Waals surface area contributed by atoms with Crippen LogP contribution in [0.5, 0.6) is 0 Å². The Bertz CT molecular complexity index is 466. The van der Waals surface area contributed by atoms with Crippen molar-refractivity contribution >= 4 is 5.91 Å². The zero-order valence-corrected chi connectivity index (χ0v) is 10.2. The minimum Gasteiger partial charge on any atom is -0.348 e. The van der Waals surface area contributed by atoms with Crippen molar-refractivity contribution in [3.8, 4) is 0 Å². The Morgan fingerprint density at radius 1 is 1.58 bits per heavy atom. The van der Waals surface area contributed by atoms with E-state index in [0.717, 1.165) is 0 Å². The van der Waals surface area contributed by atoms with Crippen LogP contribution in [0.2, 0.25) is 0 Å². The first-order valence-corrected chi connectivity index (χ1v) is 5.70. The summed E-state index contributed by atoms with van der Waals surface area (Å²) in [7, 11) is 0. The summed E-state index contributed by atoms with van der Waals surface area (Å²) in [6.07, 6.45) is -4.86. The lowest BCUT2D eigenvalue weighted by molar-refractivity contribution is -0.216. The summed E-state index contributed by atoms with van der Waals surface area (Å²) in [5, 5.41) is 8.29. The molecule has 2 heterocycles. The Morgan fingerprint density at radius 3 is 2.79 bits per heavy atom. The summed E-state index contributed by atoms with van der Waals surface area (Å²) in [6, 6.07) is 0. The van der Waals surface area contributed by atoms with Crippen LogP contribution in [0.15, 0.2) is 4.52 Å². The van der Waals surface area contributed by atoms with Gasteiger partial charge in [0, 0.05) is 13.5 Å². The van der Waals surface area contributed by atoms with Crippen LogP contribution in [0.1, 0.15) is 18.1 Å². The molecule has 1 fully saturated rings. The number of alkyl halides is 3. The largest absolute Gasteiger partial charge is 0.404 e. The monoisotopic (exact) mass is 278 g/mol. The molecule has 106 valence electrons. The number of carbonyl (C=O) groups excluding carboxylic acids is 1. The van der Waals surface area contributed by atoms with Crippen molar-refractivity contribution in [3.05, 3.63) is 11.7 Å². The van der Waals surface area contributed by atoms with E-state index in [9.17, 15) is 18.0 Å². The van der Waals surface area contributed by atoms with Gasteiger partial charge in [-0.25, -0.2) is 0 Å². The van der Waals surface area contributed by atoms with Gasteiger partial charge < -0.3 is 15.2 Å². The summed E-state index contributed by atoms with van der Waals surface area (Å²) in [4.78, 5) is 15.6. The molecule has 0 aromatic carbocycles. The third kappa shape index (κ3) is 2.55. The van der Waals surface area contributed by atoms with Gasteiger partial charge in [-0.1, -0.05) is 5.16 Å². The van der Waals surface area contributed by atoms with E-state index in [1.807, 2.05) is 0 Å². The summed E-state index contributed by atoms with van der Waals surface area (Å²) >= 11 is 0. The normalized spacial score (nSPS) is 23.6. The summed E-state index contributed by atoms with van der Waals surface area (Å²) in [5.41, 5.74) is -2.37. The standard InChI is InChI=1S/C10H13F3N4O2/c1-6-16-7(17-19-6)4-15-8(18)9(10(11,12)13)2-3-14-5-9/h14H,2-5H2,1H3,(H,15,18). The molecule has 0 radical (unpaired) electrons. The molecule has 0 bridgehead atoms. The van der Waals surface area contributed by atoms with E-state index in [4.69, 9.17) is 0 Å². The number of hydrogen-bond acceptors (Lipinski definition) is 5. The first-order valence-electron chi connectivity index (χ1n) is 5.70. The second kappa shape index (κ2) is 4.80. The number of carbonyl (C=O) groups is 1. The van der Waals surface area contributed by atoms with Gasteiger partial charge in [-0.3, -0.25) is 4.79 Å². The van der Waals surface area contributed by atoms with Crippen LogP contribution in [0.4, 0.5) is 13.2 Å². The van der Waals surface area contributed by atoms with Crippen LogP contribution in [0.25, 0.3) is 0 Å². The van der Waals surface area contributed by atoms with E-state index in [-0.39, 0.29) is 31.2 Å². The maximum Gasteiger partial charge on any atom is 0.404 e. The molecule has 9 heteroatoms. The molecular weight excluding hydrogens is 265 g/mol. The fourth-order valence-electron chi connectivity index (χ4n) is 2.00. The maximum absolute atomic E-state index is 13.0. The number of rotatable bonds is 3. The predicted molar refractivity (Wildman–Crippen MR) is 56.9 cm³/mol. The minimum absolute atomic E-state index is 0.147. The number of nitrogens with zero attached hydrogens (tertiary/aromatic N) is 2. The highest BCUT2D eigenvalue weighted by molar-refractivity contribution is 5.84. The predicted octanol–water partition coefficient (Wildman–Crippen LogP) is 0.536. The van der Waals surface area contributed by atoms with Gasteiger partial charge in [0.1, 0.15) is 0 Å². The van der Waals surface area contributed by atoms with Gasteiger partial charge in [0.15, 0.2) is 11.2 Å². The molecule has 1 aromatic heterocycles. The molecular formula is C10H13F3N4O2. The first kappa shape index (κ1) is 13.8. The number of halogens is 3. The fourth-order valence-corrected chi connectivity index (χ4v) is 2.00. The molecule has 1 atom stereocenters. The van der Waals surface area contributed by atoms with Gasteiger partial charge in [0.05, 0.1) is 6.54 Å². The number of aryl methyl sites for hydroxylation is 1. The number of hydrogen-bond donors (Lipinski definition) is 2. The quantitative estimate of drug-likeness (QED) is 0.843. The second-order valence-corrected chi connectivity index (χ2v) is 4.42. The molecule has 0 aliphatic carbocycles. The Labute approximate surface area is 106 Å². The fraction of sp³-hybridized carbons (Fsp3) is 0.700. The van der Waals surface area contributed by atoms with Crippen LogP contribution in [-0.4, -0.2) is 35.3 Å². The van der Waals surface area contributed by atoms with Crippen LogP contribution in [0, 0.1) is 12.3 Å². The Kier molecular flexibility index (Phi) is 3.48. The zero-order valence-electron chi connectivity index (χ0n) is 10.2. The lowest BCUT2D eigenvalue weighted by Crippen LogP contribution is -2.52. The molecule has 1 aliphatic heterocycles. The van der Waals surface area contributed by atoms with Gasteiger partial charge in [0.2, 0.25) is 11.8 Å². The molecule has 19 heavy (non-hydrogen) atoms. The Morgan fingerprint density at radius 2 is 2.32 bits per heavy atom. The van der Waals surface area contributed by atoms with Crippen molar-refractivity contribution in [2.24, 2.45) is 5.41 Å². The summed E-state index contributed by atoms with van der Waals surface area (Å²) in [5.74, 6) is -0.626. The first-order chi connectivity index (χ1) is 8.85. The topological polar surface area (TPSA) is 80.0 Å². The molecule has 1 unspecified atom stereocenters. The van der Waals surface area contributed by atoms with Gasteiger partial charge in [-0.15, -0.1) is 0 Å². The highest BCUT2D eigenvalue weighted by Gasteiger charge is 2.61. The molecule has 0 spiro atoms.